The van der Waals surface area contributed by atoms with E-state index in [-0.39, 0.29) is 11.3 Å². The van der Waals surface area contributed by atoms with Crippen molar-refractivity contribution in [3.63, 3.8) is 0 Å². The largest absolute Gasteiger partial charge is 0.324 e. The van der Waals surface area contributed by atoms with E-state index in [2.05, 4.69) is 11.4 Å². The summed E-state index contributed by atoms with van der Waals surface area (Å²) >= 11 is 1.55. The minimum absolute atomic E-state index is 0.0409. The van der Waals surface area contributed by atoms with E-state index in [1.807, 2.05) is 32.0 Å². The van der Waals surface area contributed by atoms with Crippen LogP contribution >= 0.6 is 11.8 Å². The molecule has 0 unspecified atom stereocenters. The smallest absolute Gasteiger partial charge is 0.234 e. The molecule has 0 aromatic heterocycles. The zero-order valence-electron chi connectivity index (χ0n) is 9.91. The maximum absolute atomic E-state index is 11.3. The van der Waals surface area contributed by atoms with E-state index in [4.69, 9.17) is 5.26 Å². The van der Waals surface area contributed by atoms with Crippen LogP contribution in [0.3, 0.4) is 0 Å². The number of rotatable bonds is 2. The second-order valence-corrected chi connectivity index (χ2v) is 5.86. The predicted molar refractivity (Wildman–Crippen MR) is 68.9 cm³/mol. The number of nitrogens with one attached hydrogen (secondary N) is 1. The predicted octanol–water partition coefficient (Wildman–Crippen LogP) is 2.82. The highest BCUT2D eigenvalue weighted by molar-refractivity contribution is 8.00. The number of nitriles is 1. The molecule has 1 aromatic rings. The Labute approximate surface area is 105 Å². The highest BCUT2D eigenvalue weighted by Crippen LogP contribution is 2.33. The Bertz CT molecular complexity index is 503. The Balaban J connectivity index is 2.25. The van der Waals surface area contributed by atoms with E-state index in [1.165, 1.54) is 0 Å². The van der Waals surface area contributed by atoms with Gasteiger partial charge in [0, 0.05) is 4.90 Å². The van der Waals surface area contributed by atoms with Gasteiger partial charge in [0.05, 0.1) is 22.9 Å². The van der Waals surface area contributed by atoms with Gasteiger partial charge in [0.2, 0.25) is 5.91 Å². The molecule has 1 aliphatic heterocycles. The fourth-order valence-corrected chi connectivity index (χ4v) is 2.58. The molecule has 0 atom stereocenters. The van der Waals surface area contributed by atoms with Crippen LogP contribution in [-0.2, 0) is 11.2 Å². The standard InChI is InChI=1S/C13H14N2OS/c1-13(2,8-14)6-9-3-4-11-10(5-9)15-12(16)7-17-11/h3-5H,6-7H2,1-2H3,(H,15,16). The number of nitrogens with zero attached hydrogens (tertiary/aromatic N) is 1. The van der Waals surface area contributed by atoms with Crippen molar-refractivity contribution < 1.29 is 4.79 Å². The van der Waals surface area contributed by atoms with E-state index in [9.17, 15) is 4.79 Å². The minimum atomic E-state index is -0.375. The number of carbonyl (C=O) groups excluding carboxylic acids is 1. The van der Waals surface area contributed by atoms with Gasteiger partial charge in [-0.3, -0.25) is 4.79 Å². The molecule has 0 radical (unpaired) electrons. The number of anilines is 1. The molecule has 2 rings (SSSR count). The quantitative estimate of drug-likeness (QED) is 0.873. The van der Waals surface area contributed by atoms with Gasteiger partial charge >= 0.3 is 0 Å². The molecule has 0 saturated heterocycles. The molecule has 0 fully saturated rings. The molecule has 0 spiro atoms. The zero-order valence-corrected chi connectivity index (χ0v) is 10.7. The lowest BCUT2D eigenvalue weighted by Gasteiger charge is -2.19. The monoisotopic (exact) mass is 246 g/mol. The second kappa shape index (κ2) is 4.42. The molecule has 1 heterocycles. The van der Waals surface area contributed by atoms with Crippen LogP contribution in [0.25, 0.3) is 0 Å². The summed E-state index contributed by atoms with van der Waals surface area (Å²) in [7, 11) is 0. The Morgan fingerprint density at radius 3 is 3.00 bits per heavy atom. The van der Waals surface area contributed by atoms with Crippen molar-refractivity contribution in [2.45, 2.75) is 25.2 Å². The summed E-state index contributed by atoms with van der Waals surface area (Å²) in [6.45, 7) is 3.83. The van der Waals surface area contributed by atoms with Crippen LogP contribution < -0.4 is 5.32 Å². The summed E-state index contributed by atoms with van der Waals surface area (Å²) in [5, 5.41) is 11.9. The van der Waals surface area contributed by atoms with Crippen molar-refractivity contribution in [2.24, 2.45) is 5.41 Å². The lowest BCUT2D eigenvalue weighted by Crippen LogP contribution is -2.19. The van der Waals surface area contributed by atoms with Crippen molar-refractivity contribution in [1.82, 2.24) is 0 Å². The SMILES string of the molecule is CC(C)(C#N)Cc1ccc2c(c1)NC(=O)CS2. The molecule has 1 N–H and O–H groups in total. The summed E-state index contributed by atoms with van der Waals surface area (Å²) in [6, 6.07) is 8.30. The highest BCUT2D eigenvalue weighted by atomic mass is 32.2. The van der Waals surface area contributed by atoms with Crippen LogP contribution in [0.5, 0.6) is 0 Å². The number of amides is 1. The molecule has 0 saturated carbocycles. The van der Waals surface area contributed by atoms with Crippen LogP contribution in [0.15, 0.2) is 23.1 Å². The summed E-state index contributed by atoms with van der Waals surface area (Å²) in [5.74, 6) is 0.523. The van der Waals surface area contributed by atoms with Gasteiger partial charge in [-0.25, -0.2) is 0 Å². The molecule has 0 bridgehead atoms. The third kappa shape index (κ3) is 2.80. The maximum atomic E-state index is 11.3. The molecule has 1 aromatic carbocycles. The Morgan fingerprint density at radius 1 is 1.53 bits per heavy atom. The van der Waals surface area contributed by atoms with E-state index < -0.39 is 0 Å². The van der Waals surface area contributed by atoms with Gasteiger partial charge < -0.3 is 5.32 Å². The van der Waals surface area contributed by atoms with Gasteiger partial charge in [0.1, 0.15) is 0 Å². The Hall–Kier alpha value is -1.47. The summed E-state index contributed by atoms with van der Waals surface area (Å²) in [4.78, 5) is 12.4. The normalized spacial score (nSPS) is 14.8. The summed E-state index contributed by atoms with van der Waals surface area (Å²) < 4.78 is 0. The lowest BCUT2D eigenvalue weighted by atomic mass is 9.87. The molecule has 4 heteroatoms. The van der Waals surface area contributed by atoms with Crippen LogP contribution in [0, 0.1) is 16.7 Å². The second-order valence-electron chi connectivity index (χ2n) is 4.84. The van der Waals surface area contributed by atoms with Crippen LogP contribution in [0.2, 0.25) is 0 Å². The fourth-order valence-electron chi connectivity index (χ4n) is 1.79. The number of thioether (sulfide) groups is 1. The third-order valence-electron chi connectivity index (χ3n) is 2.63. The van der Waals surface area contributed by atoms with Gasteiger partial charge in [-0.2, -0.15) is 5.26 Å². The van der Waals surface area contributed by atoms with Gasteiger partial charge in [0.25, 0.3) is 0 Å². The Morgan fingerprint density at radius 2 is 2.29 bits per heavy atom. The van der Waals surface area contributed by atoms with Crippen LogP contribution in [0.1, 0.15) is 19.4 Å². The molecule has 17 heavy (non-hydrogen) atoms. The van der Waals surface area contributed by atoms with Crippen molar-refractivity contribution in [1.29, 1.82) is 5.26 Å². The zero-order chi connectivity index (χ0) is 12.5. The number of hydrogen-bond acceptors (Lipinski definition) is 3. The fraction of sp³-hybridized carbons (Fsp3) is 0.385. The first-order chi connectivity index (χ1) is 8.00. The summed E-state index contributed by atoms with van der Waals surface area (Å²) in [6.07, 6.45) is 0.692. The van der Waals surface area contributed by atoms with E-state index >= 15 is 0 Å². The molecular weight excluding hydrogens is 232 g/mol. The first-order valence-electron chi connectivity index (χ1n) is 5.47. The van der Waals surface area contributed by atoms with Crippen molar-refractivity contribution in [2.75, 3.05) is 11.1 Å². The number of carbonyl (C=O) groups is 1. The number of benzene rings is 1. The molecular formula is C13H14N2OS. The van der Waals surface area contributed by atoms with Crippen molar-refractivity contribution in [3.8, 4) is 6.07 Å². The molecule has 1 aliphatic rings. The van der Waals surface area contributed by atoms with E-state index in [1.54, 1.807) is 11.8 Å². The third-order valence-corrected chi connectivity index (χ3v) is 3.70. The van der Waals surface area contributed by atoms with Gasteiger partial charge in [-0.1, -0.05) is 6.07 Å². The van der Waals surface area contributed by atoms with E-state index in [0.29, 0.717) is 12.2 Å². The maximum Gasteiger partial charge on any atom is 0.234 e. The van der Waals surface area contributed by atoms with Gasteiger partial charge in [0.15, 0.2) is 0 Å². The average molecular weight is 246 g/mol. The first-order valence-corrected chi connectivity index (χ1v) is 6.45. The van der Waals surface area contributed by atoms with E-state index in [0.717, 1.165) is 16.1 Å². The lowest BCUT2D eigenvalue weighted by molar-refractivity contribution is -0.113. The van der Waals surface area contributed by atoms with Gasteiger partial charge in [-0.15, -0.1) is 11.8 Å². The van der Waals surface area contributed by atoms with Crippen LogP contribution in [0.4, 0.5) is 5.69 Å². The summed E-state index contributed by atoms with van der Waals surface area (Å²) in [5.41, 5.74) is 1.58. The number of fused-ring (bicyclic) bond motifs is 1. The molecule has 1 amide bonds. The van der Waals surface area contributed by atoms with Crippen molar-refractivity contribution in [3.05, 3.63) is 23.8 Å². The van der Waals surface area contributed by atoms with Crippen molar-refractivity contribution >= 4 is 23.4 Å². The minimum Gasteiger partial charge on any atom is -0.324 e. The van der Waals surface area contributed by atoms with Gasteiger partial charge in [-0.05, 0) is 38.0 Å². The highest BCUT2D eigenvalue weighted by Gasteiger charge is 2.20. The Kier molecular flexibility index (Phi) is 3.12. The molecule has 0 aliphatic carbocycles. The average Bonchev–Trinajstić information content (AvgIpc) is 2.28. The topological polar surface area (TPSA) is 52.9 Å². The number of hydrogen-bond donors (Lipinski definition) is 1. The molecule has 88 valence electrons. The first kappa shape index (κ1) is 12.0. The molecule has 3 nitrogen and oxygen atoms in total. The van der Waals surface area contributed by atoms with Crippen LogP contribution in [-0.4, -0.2) is 11.7 Å².